The Hall–Kier alpha value is -4.10. The van der Waals surface area contributed by atoms with Gasteiger partial charge in [-0.25, -0.2) is 13.2 Å². The lowest BCUT2D eigenvalue weighted by Gasteiger charge is -2.18. The van der Waals surface area contributed by atoms with E-state index in [0.717, 1.165) is 12.1 Å². The number of nitrogens with zero attached hydrogens (tertiary/aromatic N) is 1. The highest BCUT2D eigenvalue weighted by molar-refractivity contribution is 7.92. The van der Waals surface area contributed by atoms with Crippen molar-refractivity contribution in [3.05, 3.63) is 89.0 Å². The predicted octanol–water partition coefficient (Wildman–Crippen LogP) is 4.48. The number of anilines is 1. The van der Waals surface area contributed by atoms with Crippen LogP contribution < -0.4 is 9.46 Å². The second-order valence-corrected chi connectivity index (χ2v) is 10.4. The van der Waals surface area contributed by atoms with Gasteiger partial charge in [0.15, 0.2) is 6.79 Å². The van der Waals surface area contributed by atoms with Crippen LogP contribution in [0.5, 0.6) is 5.75 Å². The lowest BCUT2D eigenvalue weighted by Crippen LogP contribution is -2.25. The van der Waals surface area contributed by atoms with E-state index in [2.05, 4.69) is 9.46 Å². The molecular formula is C27H27F3N2O7S. The molecule has 0 saturated heterocycles. The van der Waals surface area contributed by atoms with Crippen molar-refractivity contribution >= 4 is 27.6 Å². The average Bonchev–Trinajstić information content (AvgIpc) is 2.90. The highest BCUT2D eigenvalue weighted by atomic mass is 32.2. The Kier molecular flexibility index (Phi) is 9.77. The van der Waals surface area contributed by atoms with Gasteiger partial charge in [-0.2, -0.15) is 13.2 Å². The van der Waals surface area contributed by atoms with Crippen molar-refractivity contribution < 1.29 is 45.4 Å². The number of esters is 1. The van der Waals surface area contributed by atoms with E-state index < -0.39 is 27.7 Å². The molecule has 0 aliphatic rings. The highest BCUT2D eigenvalue weighted by Crippen LogP contribution is 2.36. The second kappa shape index (κ2) is 12.8. The number of carbonyl (C=O) groups excluding carboxylic acids is 2. The summed E-state index contributed by atoms with van der Waals surface area (Å²) < 4.78 is 84.3. The van der Waals surface area contributed by atoms with Crippen molar-refractivity contribution in [1.29, 1.82) is 0 Å². The van der Waals surface area contributed by atoms with Gasteiger partial charge in [0.25, 0.3) is 10.0 Å². The van der Waals surface area contributed by atoms with Gasteiger partial charge in [0.05, 0.1) is 28.1 Å². The van der Waals surface area contributed by atoms with E-state index in [9.17, 15) is 31.2 Å². The zero-order valence-electron chi connectivity index (χ0n) is 21.8. The molecule has 0 spiro atoms. The number of methoxy groups -OCH3 is 1. The molecule has 0 atom stereocenters. The summed E-state index contributed by atoms with van der Waals surface area (Å²) in [6.45, 7) is -0.467. The third-order valence-electron chi connectivity index (χ3n) is 5.55. The topological polar surface area (TPSA) is 111 Å². The Morgan fingerprint density at radius 2 is 1.65 bits per heavy atom. The molecule has 9 nitrogen and oxygen atoms in total. The van der Waals surface area contributed by atoms with E-state index in [-0.39, 0.29) is 53.2 Å². The van der Waals surface area contributed by atoms with Gasteiger partial charge < -0.3 is 19.1 Å². The fraction of sp³-hybridized carbons (Fsp3) is 0.259. The Morgan fingerprint density at radius 3 is 2.27 bits per heavy atom. The zero-order chi connectivity index (χ0) is 29.5. The van der Waals surface area contributed by atoms with Gasteiger partial charge in [-0.3, -0.25) is 9.52 Å². The number of halogens is 3. The molecule has 1 N–H and O–H groups in total. The van der Waals surface area contributed by atoms with Gasteiger partial charge in [0.2, 0.25) is 5.91 Å². The maximum Gasteiger partial charge on any atom is 0.416 e. The molecule has 0 heterocycles. The molecule has 0 unspecified atom stereocenters. The largest absolute Gasteiger partial charge is 0.487 e. The van der Waals surface area contributed by atoms with E-state index in [1.807, 2.05) is 0 Å². The second-order valence-electron chi connectivity index (χ2n) is 8.71. The summed E-state index contributed by atoms with van der Waals surface area (Å²) in [6.07, 6.45) is -4.91. The first-order valence-electron chi connectivity index (χ1n) is 11.7. The number of hydrogen-bond acceptors (Lipinski definition) is 7. The van der Waals surface area contributed by atoms with Crippen LogP contribution in [0.4, 0.5) is 18.9 Å². The van der Waals surface area contributed by atoms with E-state index in [4.69, 9.17) is 9.47 Å². The van der Waals surface area contributed by atoms with Crippen LogP contribution in [-0.2, 0) is 43.5 Å². The molecule has 0 saturated carbocycles. The molecular weight excluding hydrogens is 553 g/mol. The average molecular weight is 581 g/mol. The van der Waals surface area contributed by atoms with Crippen LogP contribution in [0.3, 0.4) is 0 Å². The van der Waals surface area contributed by atoms with Crippen molar-refractivity contribution in [3.8, 4) is 5.75 Å². The fourth-order valence-corrected chi connectivity index (χ4v) is 4.74. The monoisotopic (exact) mass is 580 g/mol. The molecule has 214 valence electrons. The minimum atomic E-state index is -4.71. The fourth-order valence-electron chi connectivity index (χ4n) is 3.43. The Labute approximate surface area is 229 Å². The number of likely N-dealkylation sites (N-methyl/N-ethyl adjacent to an activating group) is 1. The summed E-state index contributed by atoms with van der Waals surface area (Å²) in [4.78, 5) is 25.2. The van der Waals surface area contributed by atoms with E-state index in [0.29, 0.717) is 11.6 Å². The predicted molar refractivity (Wildman–Crippen MR) is 139 cm³/mol. The number of sulfonamides is 1. The van der Waals surface area contributed by atoms with Crippen LogP contribution >= 0.6 is 0 Å². The molecule has 0 fully saturated rings. The van der Waals surface area contributed by atoms with Gasteiger partial charge in [-0.05, 0) is 47.5 Å². The number of nitrogens with one attached hydrogen (secondary N) is 1. The first-order chi connectivity index (χ1) is 18.8. The Balaban J connectivity index is 1.88. The lowest BCUT2D eigenvalue weighted by molar-refractivity contribution is -0.137. The van der Waals surface area contributed by atoms with Gasteiger partial charge in [0.1, 0.15) is 12.4 Å². The van der Waals surface area contributed by atoms with Crippen molar-refractivity contribution in [2.45, 2.75) is 24.1 Å². The summed E-state index contributed by atoms with van der Waals surface area (Å²) in [7, 11) is 0.0900. The minimum Gasteiger partial charge on any atom is -0.487 e. The van der Waals surface area contributed by atoms with Crippen LogP contribution in [0.1, 0.15) is 27.0 Å². The maximum absolute atomic E-state index is 13.4. The van der Waals surface area contributed by atoms with Crippen LogP contribution in [0, 0.1) is 0 Å². The first kappa shape index (κ1) is 30.4. The zero-order valence-corrected chi connectivity index (χ0v) is 22.6. The number of amides is 1. The van der Waals surface area contributed by atoms with Gasteiger partial charge in [-0.1, -0.05) is 30.3 Å². The van der Waals surface area contributed by atoms with Crippen molar-refractivity contribution in [1.82, 2.24) is 4.90 Å². The summed E-state index contributed by atoms with van der Waals surface area (Å²) in [5, 5.41) is 0. The number of hydrogen-bond donors (Lipinski definition) is 1. The smallest absolute Gasteiger partial charge is 0.416 e. The number of alkyl halides is 3. The molecule has 13 heteroatoms. The number of ether oxygens (including phenoxy) is 3. The van der Waals surface area contributed by atoms with E-state index in [1.165, 1.54) is 68.6 Å². The quantitative estimate of drug-likeness (QED) is 0.263. The summed E-state index contributed by atoms with van der Waals surface area (Å²) in [6, 6.07) is 14.1. The van der Waals surface area contributed by atoms with Crippen molar-refractivity contribution in [3.63, 3.8) is 0 Å². The summed E-state index contributed by atoms with van der Waals surface area (Å²) >= 11 is 0. The molecule has 3 rings (SSSR count). The maximum atomic E-state index is 13.4. The Morgan fingerprint density at radius 1 is 0.975 bits per heavy atom. The summed E-state index contributed by atoms with van der Waals surface area (Å²) in [5.41, 5.74) is -0.353. The number of rotatable bonds is 11. The van der Waals surface area contributed by atoms with Gasteiger partial charge in [-0.15, -0.1) is 0 Å². The third kappa shape index (κ3) is 7.96. The SMILES string of the molecule is COCOC(=O)c1ccc(COc2cc(C(F)(F)F)ccc2NS(=O)(=O)c2ccccc2CC(=O)N(C)C)cc1. The molecule has 3 aromatic rings. The molecule has 0 aromatic heterocycles. The van der Waals surface area contributed by atoms with E-state index >= 15 is 0 Å². The molecule has 0 aliphatic heterocycles. The molecule has 0 radical (unpaired) electrons. The highest BCUT2D eigenvalue weighted by Gasteiger charge is 2.32. The van der Waals surface area contributed by atoms with Crippen LogP contribution in [0.25, 0.3) is 0 Å². The normalized spacial score (nSPS) is 11.6. The van der Waals surface area contributed by atoms with E-state index in [1.54, 1.807) is 6.07 Å². The van der Waals surface area contributed by atoms with Crippen LogP contribution in [-0.4, -0.2) is 53.2 Å². The molecule has 1 amide bonds. The third-order valence-corrected chi connectivity index (χ3v) is 7.01. The number of benzene rings is 3. The van der Waals surface area contributed by atoms with Crippen molar-refractivity contribution in [2.75, 3.05) is 32.7 Å². The lowest BCUT2D eigenvalue weighted by atomic mass is 10.1. The Bertz CT molecular complexity index is 1460. The van der Waals surface area contributed by atoms with Crippen LogP contribution in [0.15, 0.2) is 71.6 Å². The van der Waals surface area contributed by atoms with Gasteiger partial charge in [0, 0.05) is 21.2 Å². The standard InChI is InChI=1S/C27H27F3N2O7S/c1-32(2)25(33)14-20-6-4-5-7-24(20)40(35,36)31-22-13-12-21(27(28,29)30)15-23(22)38-16-18-8-10-19(11-9-18)26(34)39-17-37-3/h4-13,15,31H,14,16-17H2,1-3H3. The number of carbonyl (C=O) groups is 2. The summed E-state index contributed by atoms with van der Waals surface area (Å²) in [5.74, 6) is -1.33. The van der Waals surface area contributed by atoms with Crippen molar-refractivity contribution in [2.24, 2.45) is 0 Å². The first-order valence-corrected chi connectivity index (χ1v) is 13.2. The minimum absolute atomic E-state index is 0.199. The molecule has 0 bridgehead atoms. The molecule has 40 heavy (non-hydrogen) atoms. The molecule has 0 aliphatic carbocycles. The van der Waals surface area contributed by atoms with Gasteiger partial charge >= 0.3 is 12.1 Å². The van der Waals surface area contributed by atoms with Crippen LogP contribution in [0.2, 0.25) is 0 Å². The molecule has 3 aromatic carbocycles.